The maximum absolute atomic E-state index is 12.3. The second kappa shape index (κ2) is 11.9. The van der Waals surface area contributed by atoms with E-state index in [9.17, 15) is 13.6 Å². The van der Waals surface area contributed by atoms with Gasteiger partial charge < -0.3 is 20.8 Å². The normalized spacial score (nSPS) is 17.6. The number of thioether (sulfide) groups is 1. The van der Waals surface area contributed by atoms with Crippen molar-refractivity contribution in [2.75, 3.05) is 23.9 Å². The summed E-state index contributed by atoms with van der Waals surface area (Å²) in [6, 6.07) is 7.62. The van der Waals surface area contributed by atoms with Gasteiger partial charge in [-0.2, -0.15) is 20.5 Å². The molecule has 3 N–H and O–H groups in total. The highest BCUT2D eigenvalue weighted by molar-refractivity contribution is 7.99. The quantitative estimate of drug-likeness (QED) is 0.360. The molecule has 0 saturated carbocycles. The molecule has 0 bridgehead atoms. The van der Waals surface area contributed by atoms with E-state index >= 15 is 0 Å². The Balaban J connectivity index is 0.000000380. The van der Waals surface area contributed by atoms with Gasteiger partial charge in [0.05, 0.1) is 0 Å². The van der Waals surface area contributed by atoms with Crippen molar-refractivity contribution in [3.63, 3.8) is 0 Å². The third kappa shape index (κ3) is 7.56. The van der Waals surface area contributed by atoms with E-state index in [2.05, 4.69) is 27.3 Å². The van der Waals surface area contributed by atoms with Crippen LogP contribution < -0.4 is 15.4 Å². The van der Waals surface area contributed by atoms with E-state index in [1.165, 1.54) is 36.3 Å². The summed E-state index contributed by atoms with van der Waals surface area (Å²) in [4.78, 5) is 15.1. The van der Waals surface area contributed by atoms with E-state index in [1.54, 1.807) is 18.2 Å². The Hall–Kier alpha value is -2.52. The molecule has 6 nitrogen and oxygen atoms in total. The molecular weight excluding hydrogens is 434 g/mol. The Kier molecular flexibility index (Phi) is 9.59. The van der Waals surface area contributed by atoms with Crippen LogP contribution >= 0.6 is 11.8 Å². The van der Waals surface area contributed by atoms with Crippen LogP contribution in [0.1, 0.15) is 43.1 Å². The van der Waals surface area contributed by atoms with Crippen LogP contribution in [-0.4, -0.2) is 47.7 Å². The van der Waals surface area contributed by atoms with Gasteiger partial charge in [0.25, 0.3) is 0 Å². The minimum absolute atomic E-state index is 0.0139. The Morgan fingerprint density at radius 2 is 2.09 bits per heavy atom. The summed E-state index contributed by atoms with van der Waals surface area (Å²) in [5.74, 6) is 2.93. The fourth-order valence-electron chi connectivity index (χ4n) is 2.91. The molecular formula is C23H30F2N4O2S. The topological polar surface area (TPSA) is 87.1 Å². The van der Waals surface area contributed by atoms with E-state index in [0.717, 1.165) is 0 Å². The molecule has 1 unspecified atom stereocenters. The smallest absolute Gasteiger partial charge is 0.387 e. The molecule has 1 saturated heterocycles. The molecule has 0 radical (unpaired) electrons. The third-order valence-corrected chi connectivity index (χ3v) is 6.39. The number of nitrogens with one attached hydrogen (secondary N) is 3. The zero-order valence-electron chi connectivity index (χ0n) is 18.7. The van der Waals surface area contributed by atoms with Gasteiger partial charge in [0.1, 0.15) is 11.6 Å². The fraction of sp³-hybridized carbons (Fsp3) is 0.435. The molecule has 1 fully saturated rings. The van der Waals surface area contributed by atoms with Crippen molar-refractivity contribution in [1.82, 2.24) is 10.3 Å². The van der Waals surface area contributed by atoms with Gasteiger partial charge in [-0.05, 0) is 50.3 Å². The third-order valence-electron chi connectivity index (χ3n) is 5.06. The average molecular weight is 465 g/mol. The first-order valence-corrected chi connectivity index (χ1v) is 11.5. The number of carbonyl (C=O) groups is 1. The first kappa shape index (κ1) is 25.7. The van der Waals surface area contributed by atoms with Crippen molar-refractivity contribution in [2.24, 2.45) is 5.92 Å². The van der Waals surface area contributed by atoms with Crippen LogP contribution in [-0.2, 0) is 0 Å². The van der Waals surface area contributed by atoms with E-state index in [0.29, 0.717) is 40.2 Å². The van der Waals surface area contributed by atoms with Crippen LogP contribution in [0, 0.1) is 11.3 Å². The molecule has 174 valence electrons. The Morgan fingerprint density at radius 3 is 2.62 bits per heavy atom. The number of aldehydes is 1. The maximum Gasteiger partial charge on any atom is 0.387 e. The number of alkyl halides is 2. The van der Waals surface area contributed by atoms with E-state index in [1.807, 2.05) is 32.7 Å². The van der Waals surface area contributed by atoms with Gasteiger partial charge in [0.15, 0.2) is 6.29 Å². The van der Waals surface area contributed by atoms with E-state index < -0.39 is 6.61 Å². The number of ether oxygens (including phenoxy) is 1. The SMILES string of the molecule is CC(C)C(=N)c1cc(C=O)cnc1Nc1cccc(OC(F)F)c1.CNC1(C)CCSC1. The largest absolute Gasteiger partial charge is 0.435 e. The van der Waals surface area contributed by atoms with Gasteiger partial charge in [0, 0.05) is 46.1 Å². The van der Waals surface area contributed by atoms with Gasteiger partial charge in [-0.1, -0.05) is 19.9 Å². The van der Waals surface area contributed by atoms with Crippen LogP contribution in [0.25, 0.3) is 0 Å². The molecule has 9 heteroatoms. The maximum atomic E-state index is 12.3. The molecule has 0 amide bonds. The highest BCUT2D eigenvalue weighted by atomic mass is 32.2. The number of pyridine rings is 1. The summed E-state index contributed by atoms with van der Waals surface area (Å²) >= 11 is 2.04. The number of halogens is 2. The van der Waals surface area contributed by atoms with E-state index in [4.69, 9.17) is 5.41 Å². The van der Waals surface area contributed by atoms with Crippen molar-refractivity contribution in [1.29, 1.82) is 5.41 Å². The summed E-state index contributed by atoms with van der Waals surface area (Å²) in [6.45, 7) is 3.09. The average Bonchev–Trinajstić information content (AvgIpc) is 3.21. The molecule has 1 atom stereocenters. The van der Waals surface area contributed by atoms with Crippen molar-refractivity contribution < 1.29 is 18.3 Å². The van der Waals surface area contributed by atoms with Gasteiger partial charge >= 0.3 is 6.61 Å². The van der Waals surface area contributed by atoms with Gasteiger partial charge in [-0.3, -0.25) is 4.79 Å². The summed E-state index contributed by atoms with van der Waals surface area (Å²) < 4.78 is 29.0. The van der Waals surface area contributed by atoms with Crippen molar-refractivity contribution in [3.8, 4) is 5.75 Å². The molecule has 1 aromatic carbocycles. The highest BCUT2D eigenvalue weighted by Crippen LogP contribution is 2.27. The number of rotatable bonds is 8. The lowest BCUT2D eigenvalue weighted by Gasteiger charge is -2.20. The van der Waals surface area contributed by atoms with Crippen LogP contribution in [0.15, 0.2) is 36.5 Å². The van der Waals surface area contributed by atoms with Gasteiger partial charge in [-0.25, -0.2) is 4.98 Å². The van der Waals surface area contributed by atoms with Crippen LogP contribution in [0.4, 0.5) is 20.3 Å². The lowest BCUT2D eigenvalue weighted by molar-refractivity contribution is -0.0498. The first-order chi connectivity index (χ1) is 15.2. The summed E-state index contributed by atoms with van der Waals surface area (Å²) in [5.41, 5.74) is 2.08. The molecule has 32 heavy (non-hydrogen) atoms. The Morgan fingerprint density at radius 1 is 1.34 bits per heavy atom. The fourth-order valence-corrected chi connectivity index (χ4v) is 4.39. The molecule has 0 aliphatic carbocycles. The minimum Gasteiger partial charge on any atom is -0.435 e. The van der Waals surface area contributed by atoms with Crippen LogP contribution in [0.3, 0.4) is 0 Å². The molecule has 3 rings (SSSR count). The molecule has 0 spiro atoms. The molecule has 1 aliphatic heterocycles. The monoisotopic (exact) mass is 464 g/mol. The summed E-state index contributed by atoms with van der Waals surface area (Å²) in [7, 11) is 2.05. The standard InChI is InChI=1S/C17H17F2N3O2.C6H13NS/c1-10(2)15(20)14-6-11(9-23)8-21-16(14)22-12-4-3-5-13(7-12)24-17(18)19;1-6(7-2)3-4-8-5-6/h3-10,17,20H,1-2H3,(H,21,22);7H,3-5H2,1-2H3. The molecule has 1 aliphatic rings. The van der Waals surface area contributed by atoms with Gasteiger partial charge in [-0.15, -0.1) is 0 Å². The highest BCUT2D eigenvalue weighted by Gasteiger charge is 2.26. The summed E-state index contributed by atoms with van der Waals surface area (Å²) in [6.07, 6.45) is 3.37. The predicted molar refractivity (Wildman–Crippen MR) is 127 cm³/mol. The zero-order chi connectivity index (χ0) is 23.7. The van der Waals surface area contributed by atoms with Crippen molar-refractivity contribution in [2.45, 2.75) is 39.3 Å². The number of hydrogen-bond acceptors (Lipinski definition) is 7. The predicted octanol–water partition coefficient (Wildman–Crippen LogP) is 5.36. The molecule has 1 aromatic heterocycles. The second-order valence-corrected chi connectivity index (χ2v) is 9.10. The number of aromatic nitrogens is 1. The minimum atomic E-state index is -2.91. The Labute approximate surface area is 192 Å². The number of benzene rings is 1. The molecule has 2 aromatic rings. The van der Waals surface area contributed by atoms with Crippen LogP contribution in [0.2, 0.25) is 0 Å². The van der Waals surface area contributed by atoms with Crippen molar-refractivity contribution in [3.05, 3.63) is 47.7 Å². The summed E-state index contributed by atoms with van der Waals surface area (Å²) in [5, 5.41) is 14.5. The number of carbonyl (C=O) groups excluding carboxylic acids is 1. The lowest BCUT2D eigenvalue weighted by atomic mass is 9.99. The van der Waals surface area contributed by atoms with Crippen molar-refractivity contribution >= 4 is 35.3 Å². The van der Waals surface area contributed by atoms with Gasteiger partial charge in [0.2, 0.25) is 0 Å². The lowest BCUT2D eigenvalue weighted by Crippen LogP contribution is -2.39. The molecule has 2 heterocycles. The number of nitrogens with zero attached hydrogens (tertiary/aromatic N) is 1. The van der Waals surface area contributed by atoms with Crippen LogP contribution in [0.5, 0.6) is 5.75 Å². The first-order valence-electron chi connectivity index (χ1n) is 10.3. The Bertz CT molecular complexity index is 919. The zero-order valence-corrected chi connectivity index (χ0v) is 19.6. The number of hydrogen-bond donors (Lipinski definition) is 3. The number of anilines is 2. The second-order valence-electron chi connectivity index (χ2n) is 8.00. The van der Waals surface area contributed by atoms with E-state index in [-0.39, 0.29) is 11.7 Å².